The van der Waals surface area contributed by atoms with Crippen LogP contribution in [-0.2, 0) is 4.79 Å². The van der Waals surface area contributed by atoms with Crippen molar-refractivity contribution < 1.29 is 24.2 Å². The number of hydrogen-bond acceptors (Lipinski definition) is 4. The summed E-state index contributed by atoms with van der Waals surface area (Å²) >= 11 is 0. The molecular weight excluding hydrogens is 312 g/mol. The summed E-state index contributed by atoms with van der Waals surface area (Å²) in [6.07, 6.45) is 0.493. The fraction of sp³-hybridized carbons (Fsp3) is 0.529. The van der Waals surface area contributed by atoms with Gasteiger partial charge in [-0.25, -0.2) is 4.79 Å². The number of urea groups is 1. The second kappa shape index (κ2) is 7.42. The number of carboxylic acids is 1. The number of benzene rings is 1. The number of rotatable bonds is 5. The molecule has 2 N–H and O–H groups in total. The molecule has 7 nitrogen and oxygen atoms in total. The summed E-state index contributed by atoms with van der Waals surface area (Å²) < 4.78 is 10.7. The van der Waals surface area contributed by atoms with E-state index in [-0.39, 0.29) is 18.6 Å². The van der Waals surface area contributed by atoms with Crippen molar-refractivity contribution in [2.24, 2.45) is 5.92 Å². The highest BCUT2D eigenvalue weighted by atomic mass is 16.5. The molecule has 1 aromatic rings. The fourth-order valence-corrected chi connectivity index (χ4v) is 3.07. The Morgan fingerprint density at radius 2 is 2.04 bits per heavy atom. The van der Waals surface area contributed by atoms with E-state index in [0.717, 1.165) is 11.1 Å². The first kappa shape index (κ1) is 17.9. The van der Waals surface area contributed by atoms with Gasteiger partial charge in [0.05, 0.1) is 26.2 Å². The van der Waals surface area contributed by atoms with Crippen LogP contribution in [0.25, 0.3) is 0 Å². The van der Waals surface area contributed by atoms with Crippen molar-refractivity contribution in [3.05, 3.63) is 23.3 Å². The molecule has 7 heteroatoms. The summed E-state index contributed by atoms with van der Waals surface area (Å²) in [5.41, 5.74) is 1.82. The minimum Gasteiger partial charge on any atom is -0.493 e. The van der Waals surface area contributed by atoms with E-state index in [9.17, 15) is 9.59 Å². The van der Waals surface area contributed by atoms with Crippen molar-refractivity contribution in [3.63, 3.8) is 0 Å². The van der Waals surface area contributed by atoms with Crippen LogP contribution >= 0.6 is 0 Å². The lowest BCUT2D eigenvalue weighted by atomic mass is 10.0. The standard InChI is InChI=1S/C17H24N2O5/c1-10-13(5-6-14(23-3)15(10)24-4)11(2)18-17(22)19-8-7-12(9-19)16(20)21/h5-6,11-12H,7-9H2,1-4H3,(H,18,22)(H,20,21). The number of nitrogens with one attached hydrogen (secondary N) is 1. The molecule has 0 aromatic heterocycles. The number of likely N-dealkylation sites (tertiary alicyclic amines) is 1. The largest absolute Gasteiger partial charge is 0.493 e. The summed E-state index contributed by atoms with van der Waals surface area (Å²) in [6, 6.07) is 3.22. The number of carbonyl (C=O) groups excluding carboxylic acids is 1. The molecule has 1 saturated heterocycles. The molecule has 0 aliphatic carbocycles. The van der Waals surface area contributed by atoms with Crippen molar-refractivity contribution in [1.82, 2.24) is 10.2 Å². The molecule has 2 rings (SSSR count). The van der Waals surface area contributed by atoms with Gasteiger partial charge in [-0.3, -0.25) is 4.79 Å². The first-order chi connectivity index (χ1) is 11.4. The van der Waals surface area contributed by atoms with Gasteiger partial charge >= 0.3 is 12.0 Å². The van der Waals surface area contributed by atoms with Gasteiger partial charge in [-0.15, -0.1) is 0 Å². The van der Waals surface area contributed by atoms with Gasteiger partial charge in [-0.05, 0) is 31.9 Å². The van der Waals surface area contributed by atoms with Crippen LogP contribution in [-0.4, -0.2) is 49.3 Å². The van der Waals surface area contributed by atoms with Crippen molar-refractivity contribution in [2.45, 2.75) is 26.3 Å². The Morgan fingerprint density at radius 1 is 1.33 bits per heavy atom. The SMILES string of the molecule is COc1ccc(C(C)NC(=O)N2CCC(C(=O)O)C2)c(C)c1OC. The molecule has 24 heavy (non-hydrogen) atoms. The van der Waals surface area contributed by atoms with Gasteiger partial charge in [0.25, 0.3) is 0 Å². The Hall–Kier alpha value is -2.44. The zero-order chi connectivity index (χ0) is 17.9. The van der Waals surface area contributed by atoms with Crippen molar-refractivity contribution >= 4 is 12.0 Å². The molecule has 0 radical (unpaired) electrons. The number of methoxy groups -OCH3 is 2. The van der Waals surface area contributed by atoms with E-state index in [1.807, 2.05) is 19.9 Å². The van der Waals surface area contributed by atoms with Crippen LogP contribution in [0.3, 0.4) is 0 Å². The Labute approximate surface area is 141 Å². The van der Waals surface area contributed by atoms with Gasteiger partial charge in [0.1, 0.15) is 0 Å². The van der Waals surface area contributed by atoms with Crippen molar-refractivity contribution in [3.8, 4) is 11.5 Å². The molecule has 2 amide bonds. The third-order valence-corrected chi connectivity index (χ3v) is 4.47. The molecule has 0 saturated carbocycles. The highest BCUT2D eigenvalue weighted by Gasteiger charge is 2.31. The lowest BCUT2D eigenvalue weighted by Crippen LogP contribution is -2.40. The summed E-state index contributed by atoms with van der Waals surface area (Å²) in [4.78, 5) is 24.9. The Balaban J connectivity index is 2.09. The molecule has 2 unspecified atom stereocenters. The Morgan fingerprint density at radius 3 is 2.58 bits per heavy atom. The van der Waals surface area contributed by atoms with E-state index in [1.165, 1.54) is 0 Å². The maximum Gasteiger partial charge on any atom is 0.317 e. The second-order valence-corrected chi connectivity index (χ2v) is 5.96. The Bertz CT molecular complexity index is 632. The quantitative estimate of drug-likeness (QED) is 0.860. The lowest BCUT2D eigenvalue weighted by molar-refractivity contribution is -0.141. The molecule has 132 valence electrons. The number of nitrogens with zero attached hydrogens (tertiary/aromatic N) is 1. The third-order valence-electron chi connectivity index (χ3n) is 4.47. The van der Waals surface area contributed by atoms with Crippen molar-refractivity contribution in [1.29, 1.82) is 0 Å². The summed E-state index contributed by atoms with van der Waals surface area (Å²) in [5, 5.41) is 12.0. The fourth-order valence-electron chi connectivity index (χ4n) is 3.07. The number of ether oxygens (including phenoxy) is 2. The number of aliphatic carboxylic acids is 1. The molecule has 0 spiro atoms. The van der Waals surface area contributed by atoms with Crippen LogP contribution in [0.5, 0.6) is 11.5 Å². The maximum atomic E-state index is 12.4. The monoisotopic (exact) mass is 336 g/mol. The normalized spacial score (nSPS) is 18.2. The van der Waals surface area contributed by atoms with E-state index in [2.05, 4.69) is 5.32 Å². The number of carbonyl (C=O) groups is 2. The smallest absolute Gasteiger partial charge is 0.317 e. The van der Waals surface area contributed by atoms with Crippen LogP contribution in [0, 0.1) is 12.8 Å². The third kappa shape index (κ3) is 3.55. The topological polar surface area (TPSA) is 88.1 Å². The van der Waals surface area contributed by atoms with Gasteiger partial charge in [-0.1, -0.05) is 6.07 Å². The molecule has 1 aromatic carbocycles. The summed E-state index contributed by atoms with van der Waals surface area (Å²) in [7, 11) is 3.16. The van der Waals surface area contributed by atoms with E-state index >= 15 is 0 Å². The van der Waals surface area contributed by atoms with Crippen LogP contribution in [0.2, 0.25) is 0 Å². The van der Waals surface area contributed by atoms with Crippen LogP contribution in [0.4, 0.5) is 4.79 Å². The zero-order valence-corrected chi connectivity index (χ0v) is 14.5. The van der Waals surface area contributed by atoms with Crippen molar-refractivity contribution in [2.75, 3.05) is 27.3 Å². The predicted octanol–water partition coefficient (Wildman–Crippen LogP) is 2.19. The molecule has 0 bridgehead atoms. The zero-order valence-electron chi connectivity index (χ0n) is 14.5. The van der Waals surface area contributed by atoms with Crippen LogP contribution in [0.1, 0.15) is 30.5 Å². The van der Waals surface area contributed by atoms with Gasteiger partial charge in [0.2, 0.25) is 0 Å². The molecule has 2 atom stereocenters. The molecule has 1 aliphatic heterocycles. The van der Waals surface area contributed by atoms with Gasteiger partial charge in [0.15, 0.2) is 11.5 Å². The maximum absolute atomic E-state index is 12.4. The lowest BCUT2D eigenvalue weighted by Gasteiger charge is -2.23. The number of amides is 2. The highest BCUT2D eigenvalue weighted by molar-refractivity contribution is 5.77. The van der Waals surface area contributed by atoms with Gasteiger partial charge in [0, 0.05) is 18.7 Å². The van der Waals surface area contributed by atoms with E-state index in [0.29, 0.717) is 24.5 Å². The van der Waals surface area contributed by atoms with Crippen LogP contribution < -0.4 is 14.8 Å². The second-order valence-electron chi connectivity index (χ2n) is 5.96. The Kier molecular flexibility index (Phi) is 5.54. The average Bonchev–Trinajstić information content (AvgIpc) is 3.04. The van der Waals surface area contributed by atoms with E-state index < -0.39 is 11.9 Å². The number of carboxylic acid groups (broad SMARTS) is 1. The highest BCUT2D eigenvalue weighted by Crippen LogP contribution is 2.35. The first-order valence-electron chi connectivity index (χ1n) is 7.88. The first-order valence-corrected chi connectivity index (χ1v) is 7.88. The van der Waals surface area contributed by atoms with Gasteiger partial charge < -0.3 is 24.8 Å². The molecular formula is C17H24N2O5. The van der Waals surface area contributed by atoms with E-state index in [1.54, 1.807) is 25.2 Å². The summed E-state index contributed by atoms with van der Waals surface area (Å²) in [6.45, 7) is 4.51. The molecule has 1 aliphatic rings. The minimum atomic E-state index is -0.853. The molecule has 1 fully saturated rings. The average molecular weight is 336 g/mol. The van der Waals surface area contributed by atoms with Crippen LogP contribution in [0.15, 0.2) is 12.1 Å². The number of hydrogen-bond donors (Lipinski definition) is 2. The van der Waals surface area contributed by atoms with E-state index in [4.69, 9.17) is 14.6 Å². The molecule has 1 heterocycles. The van der Waals surface area contributed by atoms with Gasteiger partial charge in [-0.2, -0.15) is 0 Å². The minimum absolute atomic E-state index is 0.235. The predicted molar refractivity (Wildman–Crippen MR) is 88.5 cm³/mol. The summed E-state index contributed by atoms with van der Waals surface area (Å²) in [5.74, 6) is -0.0488.